The molecule has 2 N–H and O–H groups in total. The highest BCUT2D eigenvalue weighted by Crippen LogP contribution is 1.92. The average Bonchev–Trinajstić information content (AvgIpc) is 2.28. The van der Waals surface area contributed by atoms with Gasteiger partial charge in [-0.3, -0.25) is 5.21 Å². The molecule has 4 nitrogen and oxygen atoms in total. The number of carbonyl (C=O) groups excluding carboxylic acids is 1. The van der Waals surface area contributed by atoms with E-state index < -0.39 is 6.09 Å². The number of nitrogens with one attached hydrogen (secondary N) is 1. The number of rotatable bonds is 2. The number of hydrogen-bond donors (Lipinski definition) is 2. The van der Waals surface area contributed by atoms with E-state index in [1.165, 1.54) is 11.0 Å². The Morgan fingerprint density at radius 2 is 2.00 bits per heavy atom. The summed E-state index contributed by atoms with van der Waals surface area (Å²) in [6.45, 7) is 4.29. The first kappa shape index (κ1) is 13.4. The van der Waals surface area contributed by atoms with Crippen LogP contribution in [0, 0.1) is 6.92 Å². The van der Waals surface area contributed by atoms with Crippen molar-refractivity contribution in [2.45, 2.75) is 20.3 Å². The molecule has 0 spiro atoms. The molecule has 0 radical (unpaired) electrons. The van der Waals surface area contributed by atoms with Gasteiger partial charge in [-0.2, -0.15) is 0 Å². The van der Waals surface area contributed by atoms with Crippen LogP contribution in [0.25, 0.3) is 0 Å². The van der Waals surface area contributed by atoms with Crippen LogP contribution >= 0.6 is 0 Å². The lowest BCUT2D eigenvalue weighted by atomic mass is 10.2. The fourth-order valence-electron chi connectivity index (χ4n) is 0.761. The summed E-state index contributed by atoms with van der Waals surface area (Å²) in [7, 11) is 0. The first-order valence-electron chi connectivity index (χ1n) is 4.79. The molecule has 1 aromatic carbocycles. The molecule has 0 aromatic heterocycles. The van der Waals surface area contributed by atoms with Gasteiger partial charge >= 0.3 is 6.09 Å². The molecular formula is C11H17NO3. The minimum Gasteiger partial charge on any atom is -0.448 e. The molecule has 0 bridgehead atoms. The summed E-state index contributed by atoms with van der Waals surface area (Å²) < 4.78 is 4.34. The van der Waals surface area contributed by atoms with Crippen molar-refractivity contribution in [3.8, 4) is 0 Å². The minimum atomic E-state index is -0.799. The van der Waals surface area contributed by atoms with Gasteiger partial charge in [0.05, 0.1) is 6.61 Å². The van der Waals surface area contributed by atoms with Crippen molar-refractivity contribution in [2.75, 3.05) is 6.61 Å². The second-order valence-corrected chi connectivity index (χ2v) is 2.90. The molecule has 0 saturated carbocycles. The Morgan fingerprint density at radius 1 is 1.40 bits per heavy atom. The highest BCUT2D eigenvalue weighted by molar-refractivity contribution is 5.65. The van der Waals surface area contributed by atoms with E-state index in [4.69, 9.17) is 5.21 Å². The second-order valence-electron chi connectivity index (χ2n) is 2.90. The standard InChI is InChI=1S/C7H8.C4H9NO3/c1-7-5-3-2-4-6-7;1-2-3-8-4(6)5-7/h2-6H,1H3;7H,2-3H2,1H3,(H,5,6). The Balaban J connectivity index is 0.000000262. The molecule has 0 atom stereocenters. The van der Waals surface area contributed by atoms with Crippen LogP contribution in [0.5, 0.6) is 0 Å². The van der Waals surface area contributed by atoms with E-state index in [9.17, 15) is 4.79 Å². The smallest absolute Gasteiger partial charge is 0.431 e. The van der Waals surface area contributed by atoms with E-state index in [1.54, 1.807) is 0 Å². The summed E-state index contributed by atoms with van der Waals surface area (Å²) in [6, 6.07) is 10.3. The van der Waals surface area contributed by atoms with Gasteiger partial charge in [-0.15, -0.1) is 0 Å². The van der Waals surface area contributed by atoms with Gasteiger partial charge in [-0.25, -0.2) is 10.3 Å². The summed E-state index contributed by atoms with van der Waals surface area (Å²) in [5.41, 5.74) is 2.66. The van der Waals surface area contributed by atoms with Crippen LogP contribution < -0.4 is 5.48 Å². The molecule has 1 rings (SSSR count). The van der Waals surface area contributed by atoms with Crippen LogP contribution in [-0.2, 0) is 4.74 Å². The van der Waals surface area contributed by atoms with Crippen molar-refractivity contribution in [3.63, 3.8) is 0 Å². The highest BCUT2D eigenvalue weighted by atomic mass is 16.6. The van der Waals surface area contributed by atoms with E-state index in [0.717, 1.165) is 6.42 Å². The Bertz CT molecular complexity index is 262. The van der Waals surface area contributed by atoms with Gasteiger partial charge in [0.1, 0.15) is 0 Å². The zero-order valence-electron chi connectivity index (χ0n) is 9.06. The van der Waals surface area contributed by atoms with Gasteiger partial charge in [-0.05, 0) is 13.3 Å². The number of hydrogen-bond acceptors (Lipinski definition) is 3. The third-order valence-corrected chi connectivity index (χ3v) is 1.47. The largest absolute Gasteiger partial charge is 0.448 e. The minimum absolute atomic E-state index is 0.340. The summed E-state index contributed by atoms with van der Waals surface area (Å²) in [4.78, 5) is 9.99. The summed E-state index contributed by atoms with van der Waals surface area (Å²) in [5, 5.41) is 7.84. The Labute approximate surface area is 89.8 Å². The number of aryl methyl sites for hydroxylation is 1. The topological polar surface area (TPSA) is 58.6 Å². The third kappa shape index (κ3) is 8.77. The van der Waals surface area contributed by atoms with Gasteiger partial charge in [-0.1, -0.05) is 42.8 Å². The normalized spacial score (nSPS) is 8.47. The molecule has 0 saturated heterocycles. The molecule has 4 heteroatoms. The quantitative estimate of drug-likeness (QED) is 0.583. The lowest BCUT2D eigenvalue weighted by Gasteiger charge is -1.97. The van der Waals surface area contributed by atoms with Crippen LogP contribution in [0.15, 0.2) is 30.3 Å². The van der Waals surface area contributed by atoms with E-state index in [1.807, 2.05) is 25.1 Å². The summed E-state index contributed by atoms with van der Waals surface area (Å²) >= 11 is 0. The Morgan fingerprint density at radius 3 is 2.33 bits per heavy atom. The maximum Gasteiger partial charge on any atom is 0.431 e. The molecular weight excluding hydrogens is 194 g/mol. The predicted molar refractivity (Wildman–Crippen MR) is 57.7 cm³/mol. The van der Waals surface area contributed by atoms with Crippen molar-refractivity contribution in [3.05, 3.63) is 35.9 Å². The first-order valence-corrected chi connectivity index (χ1v) is 4.79. The number of benzene rings is 1. The van der Waals surface area contributed by atoms with Crippen LogP contribution in [0.2, 0.25) is 0 Å². The van der Waals surface area contributed by atoms with Gasteiger partial charge in [0, 0.05) is 0 Å². The zero-order chi connectivity index (χ0) is 11.5. The van der Waals surface area contributed by atoms with Crippen molar-refractivity contribution in [2.24, 2.45) is 0 Å². The molecule has 0 fully saturated rings. The maximum atomic E-state index is 9.99. The lowest BCUT2D eigenvalue weighted by molar-refractivity contribution is 0.0892. The molecule has 0 unspecified atom stereocenters. The maximum absolute atomic E-state index is 9.99. The van der Waals surface area contributed by atoms with Crippen molar-refractivity contribution >= 4 is 6.09 Å². The number of ether oxygens (including phenoxy) is 1. The zero-order valence-corrected chi connectivity index (χ0v) is 9.06. The number of carbonyl (C=O) groups is 1. The molecule has 0 aliphatic carbocycles. The Hall–Kier alpha value is -1.55. The monoisotopic (exact) mass is 211 g/mol. The second kappa shape index (κ2) is 9.02. The third-order valence-electron chi connectivity index (χ3n) is 1.47. The van der Waals surface area contributed by atoms with Gasteiger partial charge in [0.2, 0.25) is 0 Å². The van der Waals surface area contributed by atoms with Crippen molar-refractivity contribution in [1.82, 2.24) is 5.48 Å². The van der Waals surface area contributed by atoms with Crippen molar-refractivity contribution < 1.29 is 14.7 Å². The van der Waals surface area contributed by atoms with Crippen LogP contribution in [-0.4, -0.2) is 17.9 Å². The van der Waals surface area contributed by atoms with Crippen LogP contribution in [0.3, 0.4) is 0 Å². The fourth-order valence-corrected chi connectivity index (χ4v) is 0.761. The van der Waals surface area contributed by atoms with Crippen LogP contribution in [0.1, 0.15) is 18.9 Å². The average molecular weight is 211 g/mol. The van der Waals surface area contributed by atoms with Crippen LogP contribution in [0.4, 0.5) is 4.79 Å². The molecule has 0 aliphatic rings. The molecule has 1 aromatic rings. The van der Waals surface area contributed by atoms with Crippen molar-refractivity contribution in [1.29, 1.82) is 0 Å². The van der Waals surface area contributed by atoms with E-state index in [0.29, 0.717) is 6.61 Å². The fraction of sp³-hybridized carbons (Fsp3) is 0.364. The van der Waals surface area contributed by atoms with E-state index in [-0.39, 0.29) is 0 Å². The first-order chi connectivity index (χ1) is 7.20. The van der Waals surface area contributed by atoms with E-state index in [2.05, 4.69) is 23.8 Å². The highest BCUT2D eigenvalue weighted by Gasteiger charge is 1.93. The van der Waals surface area contributed by atoms with Gasteiger partial charge in [0.15, 0.2) is 0 Å². The molecule has 15 heavy (non-hydrogen) atoms. The molecule has 84 valence electrons. The number of hydroxylamine groups is 1. The van der Waals surface area contributed by atoms with Gasteiger partial charge < -0.3 is 4.74 Å². The van der Waals surface area contributed by atoms with E-state index >= 15 is 0 Å². The number of amides is 1. The predicted octanol–water partition coefficient (Wildman–Crippen LogP) is 2.51. The Kier molecular flexibility index (Phi) is 8.09. The molecule has 0 heterocycles. The lowest BCUT2D eigenvalue weighted by Crippen LogP contribution is -2.19. The summed E-state index contributed by atoms with van der Waals surface area (Å²) in [5.74, 6) is 0. The van der Waals surface area contributed by atoms with Gasteiger partial charge in [0.25, 0.3) is 0 Å². The SMILES string of the molecule is CCCOC(=O)NO.Cc1ccccc1. The summed E-state index contributed by atoms with van der Waals surface area (Å²) in [6.07, 6.45) is -0.0419. The molecule has 1 amide bonds. The molecule has 0 aliphatic heterocycles.